The molecule has 1 heterocycles. The number of aromatic nitrogens is 2. The molecule has 0 saturated carbocycles. The minimum atomic E-state index is -0.225. The second kappa shape index (κ2) is 9.30. The Morgan fingerprint density at radius 1 is 1.22 bits per heavy atom. The lowest BCUT2D eigenvalue weighted by molar-refractivity contribution is -0.143. The summed E-state index contributed by atoms with van der Waals surface area (Å²) in [5, 5.41) is 4.17. The van der Waals surface area contributed by atoms with Gasteiger partial charge in [-0.05, 0) is 13.3 Å². The second-order valence-corrected chi connectivity index (χ2v) is 4.64. The van der Waals surface area contributed by atoms with Gasteiger partial charge in [-0.1, -0.05) is 35.5 Å². The van der Waals surface area contributed by atoms with Crippen molar-refractivity contribution in [1.82, 2.24) is 9.97 Å². The topological polar surface area (TPSA) is 73.7 Å². The van der Waals surface area contributed by atoms with Gasteiger partial charge in [-0.2, -0.15) is 0 Å². The van der Waals surface area contributed by atoms with Crippen LogP contribution in [-0.4, -0.2) is 34.9 Å². The summed E-state index contributed by atoms with van der Waals surface area (Å²) in [6.07, 6.45) is 5.70. The number of carbonyl (C=O) groups excluding carboxylic acids is 1. The maximum atomic E-state index is 11.3. The van der Waals surface area contributed by atoms with Crippen LogP contribution in [0.3, 0.4) is 0 Å². The van der Waals surface area contributed by atoms with Gasteiger partial charge in [0.2, 0.25) is 0 Å². The zero-order chi connectivity index (χ0) is 16.3. The molecule has 2 rings (SSSR count). The van der Waals surface area contributed by atoms with Crippen molar-refractivity contribution in [2.75, 3.05) is 13.2 Å². The highest BCUT2D eigenvalue weighted by atomic mass is 16.6. The maximum Gasteiger partial charge on any atom is 0.305 e. The average molecular weight is 313 g/mol. The van der Waals surface area contributed by atoms with Crippen LogP contribution < -0.4 is 0 Å². The van der Waals surface area contributed by atoms with Crippen molar-refractivity contribution in [3.63, 3.8) is 0 Å². The fourth-order valence-corrected chi connectivity index (χ4v) is 1.89. The van der Waals surface area contributed by atoms with E-state index in [-0.39, 0.29) is 5.97 Å². The summed E-state index contributed by atoms with van der Waals surface area (Å²) in [5.74, 6) is -0.225. The molecular formula is C17H19N3O3. The number of oxime groups is 1. The maximum absolute atomic E-state index is 11.3. The van der Waals surface area contributed by atoms with E-state index >= 15 is 0 Å². The van der Waals surface area contributed by atoms with E-state index in [1.54, 1.807) is 25.5 Å². The first kappa shape index (κ1) is 16.6. The minimum Gasteiger partial charge on any atom is -0.466 e. The molecule has 1 aromatic heterocycles. The third kappa shape index (κ3) is 5.50. The summed E-state index contributed by atoms with van der Waals surface area (Å²) in [7, 11) is 0. The van der Waals surface area contributed by atoms with Crippen molar-refractivity contribution >= 4 is 11.7 Å². The Morgan fingerprint density at radius 2 is 2.04 bits per heavy atom. The molecule has 0 fully saturated rings. The smallest absolute Gasteiger partial charge is 0.305 e. The summed E-state index contributed by atoms with van der Waals surface area (Å²) in [6.45, 7) is 2.50. The molecule has 6 heteroatoms. The Morgan fingerprint density at radius 3 is 2.74 bits per heavy atom. The van der Waals surface area contributed by atoms with E-state index in [4.69, 9.17) is 9.57 Å². The van der Waals surface area contributed by atoms with Crippen LogP contribution in [0.25, 0.3) is 0 Å². The molecule has 0 radical (unpaired) electrons. The number of ether oxygens (including phenoxy) is 1. The molecule has 0 bridgehead atoms. The highest BCUT2D eigenvalue weighted by Gasteiger charge is 2.09. The van der Waals surface area contributed by atoms with E-state index in [9.17, 15) is 4.79 Å². The fourth-order valence-electron chi connectivity index (χ4n) is 1.89. The van der Waals surface area contributed by atoms with Crippen molar-refractivity contribution in [2.24, 2.45) is 5.16 Å². The van der Waals surface area contributed by atoms with E-state index in [0.29, 0.717) is 37.5 Å². The van der Waals surface area contributed by atoms with Crippen LogP contribution in [0.15, 0.2) is 54.1 Å². The van der Waals surface area contributed by atoms with E-state index in [1.807, 2.05) is 30.3 Å². The fraction of sp³-hybridized carbons (Fsp3) is 0.294. The third-order valence-corrected chi connectivity index (χ3v) is 2.93. The summed E-state index contributed by atoms with van der Waals surface area (Å²) in [6, 6.07) is 9.62. The van der Waals surface area contributed by atoms with Gasteiger partial charge in [-0.15, -0.1) is 0 Å². The summed E-state index contributed by atoms with van der Waals surface area (Å²) < 4.78 is 4.86. The molecule has 23 heavy (non-hydrogen) atoms. The summed E-state index contributed by atoms with van der Waals surface area (Å²) in [4.78, 5) is 24.9. The van der Waals surface area contributed by atoms with Gasteiger partial charge in [0.25, 0.3) is 0 Å². The summed E-state index contributed by atoms with van der Waals surface area (Å²) in [5.41, 5.74) is 2.12. The predicted octanol–water partition coefficient (Wildman–Crippen LogP) is 2.59. The van der Waals surface area contributed by atoms with Crippen molar-refractivity contribution < 1.29 is 14.4 Å². The van der Waals surface area contributed by atoms with Crippen molar-refractivity contribution in [2.45, 2.75) is 19.8 Å². The third-order valence-electron chi connectivity index (χ3n) is 2.93. The number of rotatable bonds is 8. The molecule has 2 aromatic rings. The molecule has 0 N–H and O–H groups in total. The molecular weight excluding hydrogens is 294 g/mol. The molecule has 0 saturated heterocycles. The van der Waals surface area contributed by atoms with Gasteiger partial charge in [-0.3, -0.25) is 14.8 Å². The molecule has 0 amide bonds. The van der Waals surface area contributed by atoms with E-state index in [0.717, 1.165) is 5.56 Å². The SMILES string of the molecule is CCOC(=O)CCCO/N=C(/c1ccccc1)c1cnccn1. The predicted molar refractivity (Wildman–Crippen MR) is 85.9 cm³/mol. The minimum absolute atomic E-state index is 0.225. The van der Waals surface area contributed by atoms with Crippen LogP contribution in [0.2, 0.25) is 0 Å². The molecule has 120 valence electrons. The van der Waals surface area contributed by atoms with Crippen LogP contribution in [0.4, 0.5) is 0 Å². The summed E-state index contributed by atoms with van der Waals surface area (Å²) >= 11 is 0. The standard InChI is InChI=1S/C17H19N3O3/c1-2-22-16(21)9-6-12-23-20-17(14-7-4-3-5-8-14)15-13-18-10-11-19-15/h3-5,7-8,10-11,13H,2,6,9,12H2,1H3/b20-17-. The van der Waals surface area contributed by atoms with Crippen molar-refractivity contribution in [3.05, 3.63) is 60.2 Å². The largest absolute Gasteiger partial charge is 0.466 e. The molecule has 1 aromatic carbocycles. The number of hydrogen-bond acceptors (Lipinski definition) is 6. The molecule has 0 atom stereocenters. The normalized spacial score (nSPS) is 11.1. The van der Waals surface area contributed by atoms with Crippen molar-refractivity contribution in [1.29, 1.82) is 0 Å². The lowest BCUT2D eigenvalue weighted by Crippen LogP contribution is -2.08. The second-order valence-electron chi connectivity index (χ2n) is 4.64. The van der Waals surface area contributed by atoms with Gasteiger partial charge >= 0.3 is 5.97 Å². The number of carbonyl (C=O) groups is 1. The number of hydrogen-bond donors (Lipinski definition) is 0. The molecule has 0 aliphatic heterocycles. The Bertz CT molecular complexity index is 589. The van der Waals surface area contributed by atoms with Gasteiger partial charge in [0, 0.05) is 24.4 Å². The Balaban J connectivity index is 1.99. The lowest BCUT2D eigenvalue weighted by atomic mass is 10.1. The Kier molecular flexibility index (Phi) is 6.71. The highest BCUT2D eigenvalue weighted by molar-refractivity contribution is 6.11. The van der Waals surface area contributed by atoms with E-state index in [2.05, 4.69) is 15.1 Å². The lowest BCUT2D eigenvalue weighted by Gasteiger charge is -2.06. The first-order chi connectivity index (χ1) is 11.3. The Labute approximate surface area is 135 Å². The number of esters is 1. The van der Waals surface area contributed by atoms with Gasteiger partial charge in [-0.25, -0.2) is 0 Å². The van der Waals surface area contributed by atoms with Gasteiger partial charge in [0.1, 0.15) is 18.0 Å². The first-order valence-electron chi connectivity index (χ1n) is 7.48. The monoisotopic (exact) mass is 313 g/mol. The molecule has 0 aliphatic rings. The zero-order valence-corrected chi connectivity index (χ0v) is 13.0. The Hall–Kier alpha value is -2.76. The van der Waals surface area contributed by atoms with Crippen LogP contribution in [0.5, 0.6) is 0 Å². The number of nitrogens with zero attached hydrogens (tertiary/aromatic N) is 3. The van der Waals surface area contributed by atoms with Crippen LogP contribution in [-0.2, 0) is 14.4 Å². The van der Waals surface area contributed by atoms with Gasteiger partial charge in [0.05, 0.1) is 12.8 Å². The zero-order valence-electron chi connectivity index (χ0n) is 13.0. The number of benzene rings is 1. The van der Waals surface area contributed by atoms with Gasteiger partial charge < -0.3 is 9.57 Å². The molecule has 0 unspecified atom stereocenters. The van der Waals surface area contributed by atoms with Gasteiger partial charge in [0.15, 0.2) is 0 Å². The van der Waals surface area contributed by atoms with E-state index < -0.39 is 0 Å². The quantitative estimate of drug-likeness (QED) is 0.324. The molecule has 0 aliphatic carbocycles. The molecule has 6 nitrogen and oxygen atoms in total. The van der Waals surface area contributed by atoms with Crippen LogP contribution in [0, 0.1) is 0 Å². The van der Waals surface area contributed by atoms with Crippen LogP contribution >= 0.6 is 0 Å². The average Bonchev–Trinajstić information content (AvgIpc) is 2.60. The van der Waals surface area contributed by atoms with E-state index in [1.165, 1.54) is 0 Å². The van der Waals surface area contributed by atoms with Crippen molar-refractivity contribution in [3.8, 4) is 0 Å². The first-order valence-corrected chi connectivity index (χ1v) is 7.48. The van der Waals surface area contributed by atoms with Crippen LogP contribution in [0.1, 0.15) is 31.0 Å². The molecule has 0 spiro atoms. The highest BCUT2D eigenvalue weighted by Crippen LogP contribution is 2.08.